The zero-order chi connectivity index (χ0) is 25.6. The first kappa shape index (κ1) is 24.0. The average molecular weight is 499 g/mol. The van der Waals surface area contributed by atoms with Crippen molar-refractivity contribution in [2.75, 3.05) is 18.6 Å². The molecule has 0 unspecified atom stereocenters. The van der Waals surface area contributed by atoms with Crippen molar-refractivity contribution in [1.82, 2.24) is 25.3 Å². The Kier molecular flexibility index (Phi) is 7.07. The van der Waals surface area contributed by atoms with Gasteiger partial charge in [-0.3, -0.25) is 9.97 Å². The lowest BCUT2D eigenvalue weighted by Gasteiger charge is -2.19. The molecule has 1 N–H and O–H groups in total. The summed E-state index contributed by atoms with van der Waals surface area (Å²) < 4.78 is 16.7. The second-order valence-electron chi connectivity index (χ2n) is 8.40. The number of fused-ring (bicyclic) bond motifs is 1. The molecule has 2 aromatic carbocycles. The lowest BCUT2D eigenvalue weighted by Crippen LogP contribution is -2.27. The maximum atomic E-state index is 12.5. The van der Waals surface area contributed by atoms with Gasteiger partial charge in [-0.05, 0) is 42.7 Å². The highest BCUT2D eigenvalue weighted by Gasteiger charge is 2.24. The molecule has 37 heavy (non-hydrogen) atoms. The van der Waals surface area contributed by atoms with Crippen molar-refractivity contribution in [3.8, 4) is 17.4 Å². The van der Waals surface area contributed by atoms with Crippen LogP contribution in [0.3, 0.4) is 0 Å². The molecule has 10 heteroatoms. The minimum Gasteiger partial charge on any atom is -0.497 e. The van der Waals surface area contributed by atoms with Gasteiger partial charge in [0.2, 0.25) is 11.7 Å². The number of nitrogens with zero attached hydrogens (tertiary/aromatic N) is 5. The van der Waals surface area contributed by atoms with E-state index >= 15 is 0 Å². The Morgan fingerprint density at radius 3 is 2.65 bits per heavy atom. The lowest BCUT2D eigenvalue weighted by molar-refractivity contribution is 0.194. The normalized spacial score (nSPS) is 12.1. The summed E-state index contributed by atoms with van der Waals surface area (Å²) in [7, 11) is 1.62. The number of carbonyl (C=O) groups is 1. The highest BCUT2D eigenvalue weighted by atomic mass is 16.6. The molecule has 4 aromatic rings. The van der Waals surface area contributed by atoms with Gasteiger partial charge < -0.3 is 24.4 Å². The van der Waals surface area contributed by atoms with E-state index < -0.39 is 6.09 Å². The number of aryl methyl sites for hydroxylation is 1. The van der Waals surface area contributed by atoms with Crippen LogP contribution in [0.15, 0.2) is 67.1 Å². The summed E-state index contributed by atoms with van der Waals surface area (Å²) in [6.07, 6.45) is 4.91. The number of methoxy groups -OCH3 is 1. The third-order valence-electron chi connectivity index (χ3n) is 5.82. The molecule has 0 saturated heterocycles. The monoisotopic (exact) mass is 498 g/mol. The number of aromatic nitrogens is 4. The number of ether oxygens (including phenoxy) is 3. The van der Waals surface area contributed by atoms with E-state index in [9.17, 15) is 4.79 Å². The van der Waals surface area contributed by atoms with Crippen molar-refractivity contribution in [2.45, 2.75) is 26.5 Å². The lowest BCUT2D eigenvalue weighted by atomic mass is 10.2. The first-order valence-electron chi connectivity index (χ1n) is 11.8. The van der Waals surface area contributed by atoms with E-state index in [1.807, 2.05) is 54.3 Å². The molecule has 0 aliphatic carbocycles. The fourth-order valence-corrected chi connectivity index (χ4v) is 3.88. The van der Waals surface area contributed by atoms with Gasteiger partial charge in [0, 0.05) is 18.4 Å². The van der Waals surface area contributed by atoms with Crippen LogP contribution in [0.25, 0.3) is 0 Å². The number of rotatable bonds is 8. The molecular formula is C27H26N6O4. The molecular weight excluding hydrogens is 472 g/mol. The van der Waals surface area contributed by atoms with Crippen LogP contribution in [0.5, 0.6) is 17.4 Å². The number of hydrogen-bond acceptors (Lipinski definition) is 9. The SMILES string of the molecule is COc1ccc(COc2nc(N3CCc4ccccc43)ncc2OC(=O)NCc2cnc(C)cn2)cc1. The molecule has 0 spiro atoms. The predicted octanol–water partition coefficient (Wildman–Crippen LogP) is 4.15. The molecule has 1 aliphatic heterocycles. The largest absolute Gasteiger partial charge is 0.497 e. The minimum absolute atomic E-state index is 0.109. The first-order chi connectivity index (χ1) is 18.1. The number of amides is 1. The molecule has 1 aliphatic rings. The summed E-state index contributed by atoms with van der Waals surface area (Å²) in [5, 5.41) is 2.66. The van der Waals surface area contributed by atoms with Crippen molar-refractivity contribution in [2.24, 2.45) is 0 Å². The van der Waals surface area contributed by atoms with Gasteiger partial charge in [0.1, 0.15) is 12.4 Å². The number of para-hydroxylation sites is 1. The summed E-state index contributed by atoms with van der Waals surface area (Å²) in [4.78, 5) is 32.1. The molecule has 10 nitrogen and oxygen atoms in total. The van der Waals surface area contributed by atoms with E-state index in [0.29, 0.717) is 11.6 Å². The maximum Gasteiger partial charge on any atom is 0.413 e. The van der Waals surface area contributed by atoms with E-state index in [1.165, 1.54) is 11.8 Å². The Morgan fingerprint density at radius 2 is 1.86 bits per heavy atom. The van der Waals surface area contributed by atoms with Crippen molar-refractivity contribution < 1.29 is 19.0 Å². The third kappa shape index (κ3) is 5.75. The Labute approximate surface area is 214 Å². The Hall–Kier alpha value is -4.73. The van der Waals surface area contributed by atoms with Crippen LogP contribution in [-0.2, 0) is 19.6 Å². The molecule has 0 fully saturated rings. The van der Waals surface area contributed by atoms with Crippen molar-refractivity contribution in [3.05, 3.63) is 89.6 Å². The number of hydrogen-bond donors (Lipinski definition) is 1. The molecule has 0 radical (unpaired) electrons. The number of nitrogens with one attached hydrogen (secondary N) is 1. The summed E-state index contributed by atoms with van der Waals surface area (Å²) >= 11 is 0. The number of anilines is 2. The summed E-state index contributed by atoms with van der Waals surface area (Å²) in [6.45, 7) is 2.97. The van der Waals surface area contributed by atoms with E-state index in [1.54, 1.807) is 19.5 Å². The standard InChI is InChI=1S/C27H26N6O4/c1-18-13-29-21(14-28-18)15-31-27(34)37-24-16-30-26(33-12-11-20-5-3-4-6-23(20)33)32-25(24)36-17-19-7-9-22(35-2)10-8-19/h3-10,13-14,16H,11-12,15,17H2,1-2H3,(H,31,34). The fourth-order valence-electron chi connectivity index (χ4n) is 3.88. The maximum absolute atomic E-state index is 12.5. The summed E-state index contributed by atoms with van der Waals surface area (Å²) in [5.74, 6) is 1.49. The van der Waals surface area contributed by atoms with Gasteiger partial charge >= 0.3 is 6.09 Å². The second-order valence-corrected chi connectivity index (χ2v) is 8.40. The average Bonchev–Trinajstić information content (AvgIpc) is 3.37. The molecule has 5 rings (SSSR count). The predicted molar refractivity (Wildman–Crippen MR) is 136 cm³/mol. The van der Waals surface area contributed by atoms with Gasteiger partial charge in [-0.25, -0.2) is 9.78 Å². The summed E-state index contributed by atoms with van der Waals surface area (Å²) in [6, 6.07) is 15.6. The van der Waals surface area contributed by atoms with E-state index in [4.69, 9.17) is 14.2 Å². The molecule has 0 atom stereocenters. The van der Waals surface area contributed by atoms with Gasteiger partial charge in [-0.2, -0.15) is 4.98 Å². The van der Waals surface area contributed by atoms with Crippen molar-refractivity contribution >= 4 is 17.7 Å². The van der Waals surface area contributed by atoms with E-state index in [2.05, 4.69) is 31.3 Å². The quantitative estimate of drug-likeness (QED) is 0.383. The Balaban J connectivity index is 1.34. The molecule has 3 heterocycles. The second kappa shape index (κ2) is 10.9. The summed E-state index contributed by atoms with van der Waals surface area (Å²) in [5.41, 5.74) is 4.58. The van der Waals surface area contributed by atoms with Crippen molar-refractivity contribution in [3.63, 3.8) is 0 Å². The molecule has 2 aromatic heterocycles. The molecule has 0 saturated carbocycles. The van der Waals surface area contributed by atoms with E-state index in [0.717, 1.165) is 35.7 Å². The third-order valence-corrected chi connectivity index (χ3v) is 5.82. The Morgan fingerprint density at radius 1 is 1.03 bits per heavy atom. The van der Waals surface area contributed by atoms with Crippen LogP contribution in [0.2, 0.25) is 0 Å². The van der Waals surface area contributed by atoms with Gasteiger partial charge in [0.25, 0.3) is 5.88 Å². The highest BCUT2D eigenvalue weighted by Crippen LogP contribution is 2.35. The highest BCUT2D eigenvalue weighted by molar-refractivity contribution is 5.71. The van der Waals surface area contributed by atoms with Gasteiger partial charge in [0.15, 0.2) is 0 Å². The van der Waals surface area contributed by atoms with Crippen LogP contribution in [0, 0.1) is 6.92 Å². The van der Waals surface area contributed by atoms with Crippen LogP contribution in [0.1, 0.15) is 22.5 Å². The van der Waals surface area contributed by atoms with Gasteiger partial charge in [0.05, 0.1) is 37.4 Å². The molecule has 1 amide bonds. The van der Waals surface area contributed by atoms with Crippen LogP contribution < -0.4 is 24.4 Å². The smallest absolute Gasteiger partial charge is 0.413 e. The molecule has 0 bridgehead atoms. The van der Waals surface area contributed by atoms with Crippen LogP contribution >= 0.6 is 0 Å². The topological polar surface area (TPSA) is 112 Å². The zero-order valence-corrected chi connectivity index (χ0v) is 20.5. The van der Waals surface area contributed by atoms with Gasteiger partial charge in [-0.15, -0.1) is 0 Å². The van der Waals surface area contributed by atoms with Gasteiger partial charge in [-0.1, -0.05) is 30.3 Å². The Bertz CT molecular complexity index is 1380. The van der Waals surface area contributed by atoms with E-state index in [-0.39, 0.29) is 24.8 Å². The molecule has 188 valence electrons. The fraction of sp³-hybridized carbons (Fsp3) is 0.222. The minimum atomic E-state index is -0.681. The zero-order valence-electron chi connectivity index (χ0n) is 20.5. The number of benzene rings is 2. The van der Waals surface area contributed by atoms with Crippen LogP contribution in [0.4, 0.5) is 16.4 Å². The number of carbonyl (C=O) groups excluding carboxylic acids is 1. The van der Waals surface area contributed by atoms with Crippen molar-refractivity contribution in [1.29, 1.82) is 0 Å². The van der Waals surface area contributed by atoms with Crippen LogP contribution in [-0.4, -0.2) is 39.7 Å². The first-order valence-corrected chi connectivity index (χ1v) is 11.8.